The van der Waals surface area contributed by atoms with Crippen LogP contribution in [0.3, 0.4) is 0 Å². The van der Waals surface area contributed by atoms with Gasteiger partial charge in [-0.15, -0.1) is 5.10 Å². The van der Waals surface area contributed by atoms with E-state index in [4.69, 9.17) is 0 Å². The summed E-state index contributed by atoms with van der Waals surface area (Å²) in [6.45, 7) is 2.24. The molecule has 3 rings (SSSR count). The highest BCUT2D eigenvalue weighted by atomic mass is 32.2. The summed E-state index contributed by atoms with van der Waals surface area (Å²) in [7, 11) is 0. The molecule has 0 aromatic carbocycles. The van der Waals surface area contributed by atoms with Crippen molar-refractivity contribution in [1.82, 2.24) is 14.8 Å². The number of Topliss-reactive ketones (excluding diaryl/α,β-unsaturated/α-hetero) is 1. The third-order valence-electron chi connectivity index (χ3n) is 5.58. The van der Waals surface area contributed by atoms with Crippen molar-refractivity contribution in [3.8, 4) is 0 Å². The average Bonchev–Trinajstić information content (AvgIpc) is 3.45. The highest BCUT2D eigenvalue weighted by Gasteiger charge is 2.31. The molecule has 1 aromatic rings. The van der Waals surface area contributed by atoms with Crippen LogP contribution in [0.15, 0.2) is 45.0 Å². The van der Waals surface area contributed by atoms with Gasteiger partial charge in [-0.2, -0.15) is 0 Å². The maximum absolute atomic E-state index is 12.3. The van der Waals surface area contributed by atoms with Crippen LogP contribution in [0, 0.1) is 0 Å². The molecular weight excluding hydrogens is 456 g/mol. The summed E-state index contributed by atoms with van der Waals surface area (Å²) < 4.78 is 3.64. The minimum absolute atomic E-state index is 0.0620. The number of allylic oxidation sites excluding steroid dienone is 6. The summed E-state index contributed by atoms with van der Waals surface area (Å²) in [6.07, 6.45) is 19.7. The van der Waals surface area contributed by atoms with Crippen LogP contribution in [0.2, 0.25) is 0 Å². The summed E-state index contributed by atoms with van der Waals surface area (Å²) in [4.78, 5) is 29.0. The van der Waals surface area contributed by atoms with Gasteiger partial charge >= 0.3 is 5.24 Å². The molecule has 2 heterocycles. The lowest BCUT2D eigenvalue weighted by atomic mass is 9.87. The lowest BCUT2D eigenvalue weighted by Gasteiger charge is -2.17. The number of thioether (sulfide) groups is 1. The minimum atomic E-state index is -0.249. The molecule has 7 nitrogen and oxygen atoms in total. The first-order valence-corrected chi connectivity index (χ1v) is 13.2. The average molecular weight is 487 g/mol. The van der Waals surface area contributed by atoms with Crippen molar-refractivity contribution in [3.05, 3.63) is 45.0 Å². The third kappa shape index (κ3) is 7.57. The van der Waals surface area contributed by atoms with E-state index in [9.17, 15) is 14.7 Å². The van der Waals surface area contributed by atoms with E-state index in [-0.39, 0.29) is 27.9 Å². The predicted octanol–water partition coefficient (Wildman–Crippen LogP) is 6.77. The number of ketones is 1. The quantitative estimate of drug-likeness (QED) is 0.228. The summed E-state index contributed by atoms with van der Waals surface area (Å²) in [5, 5.41) is 17.8. The van der Waals surface area contributed by atoms with Gasteiger partial charge in [0, 0.05) is 16.4 Å². The fraction of sp³-hybridized carbons (Fsp3) is 0.500. The maximum atomic E-state index is 12.3. The molecule has 33 heavy (non-hydrogen) atoms. The van der Waals surface area contributed by atoms with E-state index >= 15 is 0 Å². The lowest BCUT2D eigenvalue weighted by Crippen LogP contribution is -2.20. The van der Waals surface area contributed by atoms with E-state index in [2.05, 4.69) is 26.7 Å². The van der Waals surface area contributed by atoms with Crippen LogP contribution in [0.5, 0.6) is 0 Å². The molecule has 0 saturated heterocycles. The molecule has 0 bridgehead atoms. The number of unbranched alkanes of at least 4 members (excludes halogenated alkanes) is 9. The molecule has 0 radical (unpaired) electrons. The number of hydrogen-bond donors (Lipinski definition) is 1. The van der Waals surface area contributed by atoms with E-state index in [0.717, 1.165) is 53.2 Å². The van der Waals surface area contributed by atoms with Crippen LogP contribution in [0.25, 0.3) is 6.08 Å². The van der Waals surface area contributed by atoms with Gasteiger partial charge in [0.1, 0.15) is 5.76 Å². The van der Waals surface area contributed by atoms with E-state index in [1.54, 1.807) is 18.2 Å². The van der Waals surface area contributed by atoms with Crippen molar-refractivity contribution < 1.29 is 14.7 Å². The zero-order chi connectivity index (χ0) is 23.5. The van der Waals surface area contributed by atoms with Crippen LogP contribution in [-0.2, 0) is 4.79 Å². The highest BCUT2D eigenvalue weighted by molar-refractivity contribution is 8.18. The first-order chi connectivity index (χ1) is 16.1. The number of rotatable bonds is 14. The Kier molecular flexibility index (Phi) is 10.2. The molecule has 1 aliphatic carbocycles. The zero-order valence-corrected chi connectivity index (χ0v) is 20.6. The van der Waals surface area contributed by atoms with Gasteiger partial charge in [-0.05, 0) is 54.1 Å². The molecule has 0 atom stereocenters. The molecule has 9 heteroatoms. The second-order valence-corrected chi connectivity index (χ2v) is 9.85. The fourth-order valence-electron chi connectivity index (χ4n) is 3.70. The van der Waals surface area contributed by atoms with Crippen molar-refractivity contribution >= 4 is 46.1 Å². The lowest BCUT2D eigenvalue weighted by molar-refractivity contribution is -0.113. The summed E-state index contributed by atoms with van der Waals surface area (Å²) >= 11 is 2.17. The van der Waals surface area contributed by atoms with Gasteiger partial charge in [0.2, 0.25) is 5.78 Å². The Hall–Kier alpha value is -2.39. The Labute approximate surface area is 203 Å². The van der Waals surface area contributed by atoms with E-state index in [0.29, 0.717) is 5.01 Å². The number of nitrogens with zero attached hydrogens (tertiary/aromatic N) is 4. The Morgan fingerprint density at radius 2 is 1.61 bits per heavy atom. The summed E-state index contributed by atoms with van der Waals surface area (Å²) in [5.74, 6) is -0.311. The number of carbonyl (C=O) groups excluding carboxylic acids is 2. The normalized spacial score (nSPS) is 18.8. The van der Waals surface area contributed by atoms with Gasteiger partial charge in [0.05, 0.1) is 16.9 Å². The molecule has 0 fully saturated rings. The molecule has 1 aliphatic heterocycles. The van der Waals surface area contributed by atoms with Gasteiger partial charge < -0.3 is 5.11 Å². The van der Waals surface area contributed by atoms with Crippen molar-refractivity contribution in [2.45, 2.75) is 77.6 Å². The van der Waals surface area contributed by atoms with Gasteiger partial charge in [-0.3, -0.25) is 9.59 Å². The smallest absolute Gasteiger partial charge is 0.309 e. The number of carbonyl (C=O) groups is 2. The van der Waals surface area contributed by atoms with Crippen LogP contribution >= 0.6 is 23.3 Å². The number of aliphatic hydroxyl groups is 1. The topological polar surface area (TPSA) is 105 Å². The maximum Gasteiger partial charge on any atom is 0.309 e. The molecule has 0 saturated carbocycles. The fourth-order valence-corrected chi connectivity index (χ4v) is 4.80. The summed E-state index contributed by atoms with van der Waals surface area (Å²) in [6, 6.07) is 0. The molecule has 0 unspecified atom stereocenters. The van der Waals surface area contributed by atoms with E-state index in [1.807, 2.05) is 0 Å². The molecule has 1 N–H and O–H groups in total. The Morgan fingerprint density at radius 3 is 2.24 bits per heavy atom. The Balaban J connectivity index is 1.45. The predicted molar refractivity (Wildman–Crippen MR) is 134 cm³/mol. The van der Waals surface area contributed by atoms with Crippen molar-refractivity contribution in [2.75, 3.05) is 0 Å². The summed E-state index contributed by atoms with van der Waals surface area (Å²) in [5.41, 5.74) is 1.24. The largest absolute Gasteiger partial charge is 0.506 e. The molecule has 176 valence electrons. The number of hydrogen-bond acceptors (Lipinski definition) is 8. The Bertz CT molecular complexity index is 991. The van der Waals surface area contributed by atoms with Gasteiger partial charge in [0.25, 0.3) is 0 Å². The molecule has 0 spiro atoms. The molecular formula is C24H30N4O3S2. The van der Waals surface area contributed by atoms with Crippen molar-refractivity contribution in [3.63, 3.8) is 0 Å². The highest BCUT2D eigenvalue weighted by Crippen LogP contribution is 2.33. The third-order valence-corrected chi connectivity index (χ3v) is 7.00. The SMILES string of the molecule is CCCCCCCCCCCCC1=NC(=O)S/C1=C\C=C1\C(=O)C(/C=C/c2nnns2)=C1O. The van der Waals surface area contributed by atoms with Gasteiger partial charge in [-0.25, -0.2) is 4.99 Å². The molecule has 1 aromatic heterocycles. The van der Waals surface area contributed by atoms with E-state index < -0.39 is 0 Å². The second kappa shape index (κ2) is 13.3. The van der Waals surface area contributed by atoms with Crippen molar-refractivity contribution in [2.24, 2.45) is 4.99 Å². The number of aromatic nitrogens is 3. The second-order valence-electron chi connectivity index (χ2n) is 8.10. The minimum Gasteiger partial charge on any atom is -0.506 e. The first-order valence-electron chi connectivity index (χ1n) is 11.6. The van der Waals surface area contributed by atoms with Crippen LogP contribution in [-0.4, -0.2) is 36.6 Å². The van der Waals surface area contributed by atoms with Crippen LogP contribution in [0.4, 0.5) is 4.79 Å². The number of amides is 1. The van der Waals surface area contributed by atoms with Crippen molar-refractivity contribution in [1.29, 1.82) is 0 Å². The standard InChI is InChI=1S/C24H30N4O3S2/c1-2-3-4-5-6-7-8-9-10-11-12-19-20(32-24(31)25-19)15-13-17-22(29)18(23(17)30)14-16-21-26-27-28-33-21/h13-16,29H,2-12H2,1H3/b16-14+,17-13+,20-15-. The number of aliphatic hydroxyl groups excluding tert-OH is 1. The number of aliphatic imine (C=N–C) groups is 1. The van der Waals surface area contributed by atoms with E-state index in [1.165, 1.54) is 57.4 Å². The molecule has 2 aliphatic rings. The van der Waals surface area contributed by atoms with Crippen LogP contribution in [0.1, 0.15) is 82.6 Å². The first kappa shape index (κ1) is 25.2. The monoisotopic (exact) mass is 486 g/mol. The zero-order valence-electron chi connectivity index (χ0n) is 19.0. The van der Waals surface area contributed by atoms with Crippen LogP contribution < -0.4 is 0 Å². The van der Waals surface area contributed by atoms with Gasteiger partial charge in [0.15, 0.2) is 5.01 Å². The van der Waals surface area contributed by atoms with Gasteiger partial charge in [-0.1, -0.05) is 69.2 Å². The molecule has 1 amide bonds. The Morgan fingerprint density at radius 1 is 0.909 bits per heavy atom.